The SMILES string of the molecule is COc1ccc(Br)cc1NC(C)CS(C)(=O)=O. The number of methoxy groups -OCH3 is 1. The predicted molar refractivity (Wildman–Crippen MR) is 73.5 cm³/mol. The zero-order valence-corrected chi connectivity index (χ0v) is 12.4. The van der Waals surface area contributed by atoms with E-state index in [0.717, 1.165) is 10.2 Å². The van der Waals surface area contributed by atoms with Gasteiger partial charge in [0.2, 0.25) is 0 Å². The summed E-state index contributed by atoms with van der Waals surface area (Å²) < 4.78 is 28.5. The number of anilines is 1. The highest BCUT2D eigenvalue weighted by Gasteiger charge is 2.12. The lowest BCUT2D eigenvalue weighted by molar-refractivity contribution is 0.416. The standard InChI is InChI=1S/C11H16BrNO3S/c1-8(7-17(3,14)15)13-10-6-9(12)4-5-11(10)16-2/h4-6,8,13H,7H2,1-3H3. The van der Waals surface area contributed by atoms with Gasteiger partial charge >= 0.3 is 0 Å². The molecule has 1 aromatic rings. The van der Waals surface area contributed by atoms with E-state index >= 15 is 0 Å². The summed E-state index contributed by atoms with van der Waals surface area (Å²) in [5, 5.41) is 3.12. The Bertz CT molecular complexity index is 487. The Balaban J connectivity index is 2.83. The van der Waals surface area contributed by atoms with E-state index < -0.39 is 9.84 Å². The van der Waals surface area contributed by atoms with E-state index in [4.69, 9.17) is 4.74 Å². The van der Waals surface area contributed by atoms with E-state index in [1.54, 1.807) is 7.11 Å². The molecule has 0 saturated carbocycles. The molecule has 0 aliphatic carbocycles. The monoisotopic (exact) mass is 321 g/mol. The van der Waals surface area contributed by atoms with E-state index in [2.05, 4.69) is 21.2 Å². The second-order valence-corrected chi connectivity index (χ2v) is 7.08. The van der Waals surface area contributed by atoms with Gasteiger partial charge in [-0.3, -0.25) is 0 Å². The van der Waals surface area contributed by atoms with Gasteiger partial charge in [0.05, 0.1) is 18.6 Å². The summed E-state index contributed by atoms with van der Waals surface area (Å²) in [6, 6.07) is 5.37. The topological polar surface area (TPSA) is 55.4 Å². The summed E-state index contributed by atoms with van der Waals surface area (Å²) in [6.07, 6.45) is 1.23. The normalized spacial score (nSPS) is 13.2. The molecule has 6 heteroatoms. The minimum Gasteiger partial charge on any atom is -0.495 e. The van der Waals surface area contributed by atoms with E-state index in [0.29, 0.717) is 5.75 Å². The molecule has 0 spiro atoms. The zero-order chi connectivity index (χ0) is 13.1. The lowest BCUT2D eigenvalue weighted by atomic mass is 10.2. The Morgan fingerprint density at radius 2 is 2.12 bits per heavy atom. The first-order valence-electron chi connectivity index (χ1n) is 5.09. The third-order valence-electron chi connectivity index (χ3n) is 2.12. The molecule has 0 heterocycles. The lowest BCUT2D eigenvalue weighted by Gasteiger charge is -2.17. The molecule has 0 saturated heterocycles. The fourth-order valence-electron chi connectivity index (χ4n) is 1.55. The van der Waals surface area contributed by atoms with Gasteiger partial charge < -0.3 is 10.1 Å². The Labute approximate surface area is 110 Å². The molecule has 1 N–H and O–H groups in total. The van der Waals surface area contributed by atoms with Gasteiger partial charge in [-0.15, -0.1) is 0 Å². The summed E-state index contributed by atoms with van der Waals surface area (Å²) in [6.45, 7) is 1.82. The van der Waals surface area contributed by atoms with Gasteiger partial charge in [-0.2, -0.15) is 0 Å². The van der Waals surface area contributed by atoms with Crippen molar-refractivity contribution in [2.24, 2.45) is 0 Å². The molecule has 1 rings (SSSR count). The number of halogens is 1. The first-order chi connectivity index (χ1) is 7.81. The van der Waals surface area contributed by atoms with Gasteiger partial charge in [0.15, 0.2) is 0 Å². The van der Waals surface area contributed by atoms with Gasteiger partial charge in [-0.25, -0.2) is 8.42 Å². The van der Waals surface area contributed by atoms with Crippen molar-refractivity contribution in [3.8, 4) is 5.75 Å². The van der Waals surface area contributed by atoms with Crippen LogP contribution >= 0.6 is 15.9 Å². The van der Waals surface area contributed by atoms with Gasteiger partial charge in [0, 0.05) is 16.8 Å². The number of rotatable bonds is 5. The summed E-state index contributed by atoms with van der Waals surface area (Å²) >= 11 is 3.36. The number of sulfone groups is 1. The number of hydrogen-bond donors (Lipinski definition) is 1. The van der Waals surface area contributed by atoms with Crippen LogP contribution in [-0.2, 0) is 9.84 Å². The molecule has 0 amide bonds. The molecular weight excluding hydrogens is 306 g/mol. The van der Waals surface area contributed by atoms with Gasteiger partial charge in [0.1, 0.15) is 15.6 Å². The maximum atomic E-state index is 11.2. The fraction of sp³-hybridized carbons (Fsp3) is 0.455. The van der Waals surface area contributed by atoms with Crippen LogP contribution in [0.1, 0.15) is 6.92 Å². The third-order valence-corrected chi connectivity index (χ3v) is 3.71. The van der Waals surface area contributed by atoms with Crippen molar-refractivity contribution in [3.63, 3.8) is 0 Å². The fourth-order valence-corrected chi connectivity index (χ4v) is 2.91. The molecule has 0 fully saturated rings. The molecule has 0 aromatic heterocycles. The van der Waals surface area contributed by atoms with Crippen molar-refractivity contribution in [1.82, 2.24) is 0 Å². The van der Waals surface area contributed by atoms with Crippen LogP contribution in [0.3, 0.4) is 0 Å². The zero-order valence-electron chi connectivity index (χ0n) is 10.0. The quantitative estimate of drug-likeness (QED) is 0.904. The Morgan fingerprint density at radius 3 is 2.65 bits per heavy atom. The average molecular weight is 322 g/mol. The maximum absolute atomic E-state index is 11.2. The number of nitrogens with one attached hydrogen (secondary N) is 1. The van der Waals surface area contributed by atoms with E-state index in [1.165, 1.54) is 6.26 Å². The van der Waals surface area contributed by atoms with E-state index in [9.17, 15) is 8.42 Å². The molecule has 0 aliphatic heterocycles. The molecule has 4 nitrogen and oxygen atoms in total. The Kier molecular flexibility index (Phi) is 4.82. The highest BCUT2D eigenvalue weighted by molar-refractivity contribution is 9.10. The summed E-state index contributed by atoms with van der Waals surface area (Å²) in [5.74, 6) is 0.774. The highest BCUT2D eigenvalue weighted by atomic mass is 79.9. The Morgan fingerprint density at radius 1 is 1.47 bits per heavy atom. The van der Waals surface area contributed by atoms with Crippen molar-refractivity contribution in [2.75, 3.05) is 24.4 Å². The van der Waals surface area contributed by atoms with Crippen LogP contribution in [0, 0.1) is 0 Å². The molecule has 0 bridgehead atoms. The molecule has 0 aliphatic rings. The Hall–Kier alpha value is -0.750. The number of hydrogen-bond acceptors (Lipinski definition) is 4. The first-order valence-corrected chi connectivity index (χ1v) is 7.95. The largest absolute Gasteiger partial charge is 0.495 e. The van der Waals surface area contributed by atoms with Crippen molar-refractivity contribution < 1.29 is 13.2 Å². The minimum absolute atomic E-state index is 0.0860. The molecule has 1 aromatic carbocycles. The van der Waals surface area contributed by atoms with Crippen LogP contribution in [0.15, 0.2) is 22.7 Å². The number of benzene rings is 1. The van der Waals surface area contributed by atoms with Crippen LogP contribution in [0.4, 0.5) is 5.69 Å². The van der Waals surface area contributed by atoms with Crippen LogP contribution in [0.5, 0.6) is 5.75 Å². The van der Waals surface area contributed by atoms with Gasteiger partial charge in [-0.05, 0) is 25.1 Å². The molecule has 96 valence electrons. The molecule has 17 heavy (non-hydrogen) atoms. The maximum Gasteiger partial charge on any atom is 0.149 e. The predicted octanol–water partition coefficient (Wildman–Crippen LogP) is 2.30. The van der Waals surface area contributed by atoms with Crippen molar-refractivity contribution >= 4 is 31.5 Å². The molecular formula is C11H16BrNO3S. The second-order valence-electron chi connectivity index (χ2n) is 3.98. The van der Waals surface area contributed by atoms with Crippen molar-refractivity contribution in [1.29, 1.82) is 0 Å². The third kappa shape index (κ3) is 4.95. The van der Waals surface area contributed by atoms with Crippen LogP contribution in [0.2, 0.25) is 0 Å². The summed E-state index contributed by atoms with van der Waals surface area (Å²) in [7, 11) is -1.41. The van der Waals surface area contributed by atoms with Crippen molar-refractivity contribution in [3.05, 3.63) is 22.7 Å². The summed E-state index contributed by atoms with van der Waals surface area (Å²) in [5.41, 5.74) is 0.776. The highest BCUT2D eigenvalue weighted by Crippen LogP contribution is 2.28. The second kappa shape index (κ2) is 5.73. The first kappa shape index (κ1) is 14.3. The van der Waals surface area contributed by atoms with Crippen LogP contribution in [0.25, 0.3) is 0 Å². The van der Waals surface area contributed by atoms with Gasteiger partial charge in [0.25, 0.3) is 0 Å². The van der Waals surface area contributed by atoms with E-state index in [-0.39, 0.29) is 11.8 Å². The van der Waals surface area contributed by atoms with Crippen LogP contribution < -0.4 is 10.1 Å². The molecule has 1 atom stereocenters. The summed E-state index contributed by atoms with van der Waals surface area (Å²) in [4.78, 5) is 0. The van der Waals surface area contributed by atoms with Crippen molar-refractivity contribution in [2.45, 2.75) is 13.0 Å². The average Bonchev–Trinajstić information content (AvgIpc) is 2.14. The van der Waals surface area contributed by atoms with E-state index in [1.807, 2.05) is 25.1 Å². The molecule has 0 radical (unpaired) electrons. The van der Waals surface area contributed by atoms with Crippen LogP contribution in [-0.4, -0.2) is 33.6 Å². The smallest absolute Gasteiger partial charge is 0.149 e. The lowest BCUT2D eigenvalue weighted by Crippen LogP contribution is -2.25. The minimum atomic E-state index is -2.99. The molecule has 1 unspecified atom stereocenters. The number of ether oxygens (including phenoxy) is 1. The van der Waals surface area contributed by atoms with Gasteiger partial charge in [-0.1, -0.05) is 15.9 Å².